The standard InChI is InChI=1S/C8H9N3O2/c12-3-6-1-9-8(10-2-6)11-7-4-13-5-7/h1-3,7H,4-5H2,(H,9,10,11). The summed E-state index contributed by atoms with van der Waals surface area (Å²) >= 11 is 0. The maximum absolute atomic E-state index is 10.3. The van der Waals surface area contributed by atoms with Crippen LogP contribution in [0, 0.1) is 0 Å². The predicted molar refractivity (Wildman–Crippen MR) is 45.6 cm³/mol. The maximum Gasteiger partial charge on any atom is 0.223 e. The summed E-state index contributed by atoms with van der Waals surface area (Å²) < 4.78 is 4.98. The maximum atomic E-state index is 10.3. The van der Waals surface area contributed by atoms with Crippen molar-refractivity contribution in [2.45, 2.75) is 6.04 Å². The summed E-state index contributed by atoms with van der Waals surface area (Å²) in [5.41, 5.74) is 0.482. The molecule has 0 atom stereocenters. The molecule has 0 aliphatic carbocycles. The Labute approximate surface area is 75.1 Å². The van der Waals surface area contributed by atoms with Crippen molar-refractivity contribution in [2.24, 2.45) is 0 Å². The average Bonchev–Trinajstić information content (AvgIpc) is 2.12. The quantitative estimate of drug-likeness (QED) is 0.667. The molecule has 0 bridgehead atoms. The van der Waals surface area contributed by atoms with Gasteiger partial charge in [-0.05, 0) is 0 Å². The second-order valence-electron chi connectivity index (χ2n) is 2.84. The highest BCUT2D eigenvalue weighted by atomic mass is 16.5. The van der Waals surface area contributed by atoms with Crippen LogP contribution in [0.4, 0.5) is 5.95 Å². The van der Waals surface area contributed by atoms with Gasteiger partial charge in [-0.1, -0.05) is 0 Å². The summed E-state index contributed by atoms with van der Waals surface area (Å²) in [4.78, 5) is 18.2. The number of aromatic nitrogens is 2. The third-order valence-corrected chi connectivity index (χ3v) is 1.78. The molecule has 1 aromatic rings. The van der Waals surface area contributed by atoms with E-state index in [2.05, 4.69) is 15.3 Å². The van der Waals surface area contributed by atoms with E-state index in [1.807, 2.05) is 0 Å². The Kier molecular flexibility index (Phi) is 2.18. The van der Waals surface area contributed by atoms with E-state index in [1.165, 1.54) is 12.4 Å². The first-order valence-corrected chi connectivity index (χ1v) is 4.00. The van der Waals surface area contributed by atoms with E-state index in [9.17, 15) is 4.79 Å². The number of rotatable bonds is 3. The van der Waals surface area contributed by atoms with Gasteiger partial charge in [0.2, 0.25) is 5.95 Å². The van der Waals surface area contributed by atoms with Crippen molar-refractivity contribution in [3.63, 3.8) is 0 Å². The molecule has 2 heterocycles. The molecule has 5 nitrogen and oxygen atoms in total. The lowest BCUT2D eigenvalue weighted by Crippen LogP contribution is -2.40. The number of aldehydes is 1. The SMILES string of the molecule is O=Cc1cnc(NC2COC2)nc1. The molecule has 2 rings (SSSR count). The monoisotopic (exact) mass is 179 g/mol. The third-order valence-electron chi connectivity index (χ3n) is 1.78. The van der Waals surface area contributed by atoms with Crippen LogP contribution >= 0.6 is 0 Å². The first kappa shape index (κ1) is 8.12. The normalized spacial score (nSPS) is 16.3. The van der Waals surface area contributed by atoms with Crippen LogP contribution in [0.25, 0.3) is 0 Å². The van der Waals surface area contributed by atoms with E-state index in [4.69, 9.17) is 4.74 Å². The van der Waals surface area contributed by atoms with Crippen molar-refractivity contribution in [1.29, 1.82) is 0 Å². The Morgan fingerprint density at radius 3 is 2.62 bits per heavy atom. The molecule has 0 unspecified atom stereocenters. The second-order valence-corrected chi connectivity index (χ2v) is 2.84. The van der Waals surface area contributed by atoms with Gasteiger partial charge < -0.3 is 10.1 Å². The molecule has 0 aromatic carbocycles. The molecule has 1 aliphatic rings. The van der Waals surface area contributed by atoms with Crippen LogP contribution in [-0.2, 0) is 4.74 Å². The van der Waals surface area contributed by atoms with E-state index < -0.39 is 0 Å². The number of nitrogens with zero attached hydrogens (tertiary/aromatic N) is 2. The molecule has 1 aliphatic heterocycles. The Morgan fingerprint density at radius 1 is 1.46 bits per heavy atom. The molecule has 13 heavy (non-hydrogen) atoms. The molecule has 1 saturated heterocycles. The van der Waals surface area contributed by atoms with Crippen LogP contribution in [-0.4, -0.2) is 35.5 Å². The van der Waals surface area contributed by atoms with Gasteiger partial charge >= 0.3 is 0 Å². The Bertz CT molecular complexity index is 295. The smallest absolute Gasteiger partial charge is 0.223 e. The zero-order valence-electron chi connectivity index (χ0n) is 6.93. The fourth-order valence-corrected chi connectivity index (χ4v) is 0.975. The van der Waals surface area contributed by atoms with Gasteiger partial charge in [-0.3, -0.25) is 4.79 Å². The largest absolute Gasteiger partial charge is 0.377 e. The first-order valence-electron chi connectivity index (χ1n) is 4.00. The zero-order valence-corrected chi connectivity index (χ0v) is 6.93. The van der Waals surface area contributed by atoms with Crippen LogP contribution in [0.5, 0.6) is 0 Å². The summed E-state index contributed by atoms with van der Waals surface area (Å²) in [6.07, 6.45) is 3.69. The molecule has 1 N–H and O–H groups in total. The lowest BCUT2D eigenvalue weighted by atomic mass is 10.3. The lowest BCUT2D eigenvalue weighted by molar-refractivity contribution is 0.0208. The van der Waals surface area contributed by atoms with Gasteiger partial charge in [0, 0.05) is 12.4 Å². The summed E-state index contributed by atoms with van der Waals surface area (Å²) in [7, 11) is 0. The highest BCUT2D eigenvalue weighted by Gasteiger charge is 2.18. The van der Waals surface area contributed by atoms with Gasteiger partial charge in [0.15, 0.2) is 6.29 Å². The van der Waals surface area contributed by atoms with Gasteiger partial charge in [0.25, 0.3) is 0 Å². The fourth-order valence-electron chi connectivity index (χ4n) is 0.975. The Balaban J connectivity index is 2.00. The van der Waals surface area contributed by atoms with Crippen LogP contribution in [0.3, 0.4) is 0 Å². The minimum atomic E-state index is 0.307. The van der Waals surface area contributed by atoms with Crippen molar-refractivity contribution in [3.05, 3.63) is 18.0 Å². The third kappa shape index (κ3) is 1.81. The van der Waals surface area contributed by atoms with E-state index >= 15 is 0 Å². The predicted octanol–water partition coefficient (Wildman–Crippen LogP) is 0.0998. The summed E-state index contributed by atoms with van der Waals surface area (Å²) in [6, 6.07) is 0.307. The molecule has 0 amide bonds. The molecule has 5 heteroatoms. The van der Waals surface area contributed by atoms with Crippen molar-refractivity contribution in [3.8, 4) is 0 Å². The zero-order chi connectivity index (χ0) is 9.10. The fraction of sp³-hybridized carbons (Fsp3) is 0.375. The van der Waals surface area contributed by atoms with Crippen molar-refractivity contribution in [2.75, 3.05) is 18.5 Å². The van der Waals surface area contributed by atoms with Crippen molar-refractivity contribution in [1.82, 2.24) is 9.97 Å². The molecule has 0 spiro atoms. The molecule has 0 saturated carbocycles. The van der Waals surface area contributed by atoms with Gasteiger partial charge in [-0.2, -0.15) is 0 Å². The number of anilines is 1. The summed E-state index contributed by atoms with van der Waals surface area (Å²) in [5, 5.41) is 3.07. The Morgan fingerprint density at radius 2 is 2.15 bits per heavy atom. The number of hydrogen-bond donors (Lipinski definition) is 1. The number of nitrogens with one attached hydrogen (secondary N) is 1. The number of hydrogen-bond acceptors (Lipinski definition) is 5. The Hall–Kier alpha value is -1.49. The van der Waals surface area contributed by atoms with Crippen molar-refractivity contribution < 1.29 is 9.53 Å². The minimum Gasteiger partial charge on any atom is -0.377 e. The first-order chi connectivity index (χ1) is 6.38. The van der Waals surface area contributed by atoms with Crippen LogP contribution in [0.1, 0.15) is 10.4 Å². The lowest BCUT2D eigenvalue weighted by Gasteiger charge is -2.26. The van der Waals surface area contributed by atoms with Gasteiger partial charge in [0.1, 0.15) is 0 Å². The van der Waals surface area contributed by atoms with E-state index in [-0.39, 0.29) is 0 Å². The van der Waals surface area contributed by atoms with Crippen molar-refractivity contribution >= 4 is 12.2 Å². The van der Waals surface area contributed by atoms with Gasteiger partial charge in [0.05, 0.1) is 24.8 Å². The minimum absolute atomic E-state index is 0.307. The average molecular weight is 179 g/mol. The van der Waals surface area contributed by atoms with Crippen LogP contribution < -0.4 is 5.32 Å². The highest BCUT2D eigenvalue weighted by Crippen LogP contribution is 2.06. The highest BCUT2D eigenvalue weighted by molar-refractivity contribution is 5.73. The van der Waals surface area contributed by atoms with Gasteiger partial charge in [-0.15, -0.1) is 0 Å². The summed E-state index contributed by atoms with van der Waals surface area (Å²) in [6.45, 7) is 1.39. The second kappa shape index (κ2) is 3.49. The topological polar surface area (TPSA) is 64.1 Å². The molecule has 68 valence electrons. The molecule has 1 aromatic heterocycles. The van der Waals surface area contributed by atoms with E-state index in [0.29, 0.717) is 30.8 Å². The van der Waals surface area contributed by atoms with E-state index in [1.54, 1.807) is 0 Å². The molecule has 0 radical (unpaired) electrons. The van der Waals surface area contributed by atoms with Gasteiger partial charge in [-0.25, -0.2) is 9.97 Å². The van der Waals surface area contributed by atoms with Crippen LogP contribution in [0.15, 0.2) is 12.4 Å². The van der Waals surface area contributed by atoms with E-state index in [0.717, 1.165) is 6.29 Å². The number of carbonyl (C=O) groups excluding carboxylic acids is 1. The summed E-state index contributed by atoms with van der Waals surface area (Å²) in [5.74, 6) is 0.541. The molecular formula is C8H9N3O2. The van der Waals surface area contributed by atoms with Crippen LogP contribution in [0.2, 0.25) is 0 Å². The molecular weight excluding hydrogens is 170 g/mol. The number of ether oxygens (including phenoxy) is 1. The molecule has 1 fully saturated rings. The number of carbonyl (C=O) groups is 1.